The van der Waals surface area contributed by atoms with E-state index in [1.165, 1.54) is 12.8 Å². The Morgan fingerprint density at radius 3 is 2.07 bits per heavy atom. The summed E-state index contributed by atoms with van der Waals surface area (Å²) in [6.45, 7) is 16.1. The number of halogens is 3. The van der Waals surface area contributed by atoms with Crippen LogP contribution in [0.15, 0.2) is 0 Å². The van der Waals surface area contributed by atoms with E-state index in [4.69, 9.17) is 48.8 Å². The number of hydrogen-bond acceptors (Lipinski definition) is 5. The van der Waals surface area contributed by atoms with E-state index in [0.717, 1.165) is 25.7 Å². The molecule has 0 aromatic rings. The predicted molar refractivity (Wildman–Crippen MR) is 119 cm³/mol. The monoisotopic (exact) mass is 459 g/mol. The number of ether oxygens (including phenoxy) is 1. The van der Waals surface area contributed by atoms with E-state index in [2.05, 4.69) is 39.5 Å². The number of hydrogen-bond donors (Lipinski definition) is 0. The highest BCUT2D eigenvalue weighted by molar-refractivity contribution is 6.63. The number of fused-ring (bicyclic) bond motifs is 1. The average molecular weight is 461 g/mol. The zero-order valence-electron chi connectivity index (χ0n) is 18.4. The first kappa shape index (κ1) is 28.3. The van der Waals surface area contributed by atoms with Crippen molar-refractivity contribution < 1.29 is 18.8 Å². The van der Waals surface area contributed by atoms with Gasteiger partial charge < -0.3 is 14.0 Å². The molecular weight excluding hydrogens is 423 g/mol. The SMILES string of the molecule is CC.CCCCB1OC(C)(C)C(C)(C)O1.ClC(Cl)Cl.O=C1OCN2CCCC12. The van der Waals surface area contributed by atoms with E-state index in [9.17, 15) is 4.79 Å². The fourth-order valence-electron chi connectivity index (χ4n) is 2.94. The second-order valence-electron chi connectivity index (χ2n) is 7.64. The minimum Gasteiger partial charge on any atom is -0.448 e. The van der Waals surface area contributed by atoms with E-state index in [0.29, 0.717) is 6.73 Å². The van der Waals surface area contributed by atoms with Gasteiger partial charge in [0.1, 0.15) is 12.8 Å². The zero-order valence-corrected chi connectivity index (χ0v) is 20.7. The Morgan fingerprint density at radius 2 is 1.64 bits per heavy atom. The number of nitrogens with zero attached hydrogens (tertiary/aromatic N) is 1. The van der Waals surface area contributed by atoms with Crippen LogP contribution in [0.1, 0.15) is 74.1 Å². The highest BCUT2D eigenvalue weighted by Gasteiger charge is 2.50. The smallest absolute Gasteiger partial charge is 0.448 e. The van der Waals surface area contributed by atoms with Crippen molar-refractivity contribution in [1.29, 1.82) is 0 Å². The molecule has 1 unspecified atom stereocenters. The lowest BCUT2D eigenvalue weighted by Gasteiger charge is -2.32. The van der Waals surface area contributed by atoms with Crippen molar-refractivity contribution in [1.82, 2.24) is 4.90 Å². The molecule has 1 atom stereocenters. The lowest BCUT2D eigenvalue weighted by Crippen LogP contribution is -2.41. The number of unbranched alkanes of at least 4 members (excludes halogenated alkanes) is 1. The molecule has 0 aliphatic carbocycles. The molecule has 0 bridgehead atoms. The average Bonchev–Trinajstić information content (AvgIpc) is 3.24. The van der Waals surface area contributed by atoms with Crippen LogP contribution in [-0.2, 0) is 18.8 Å². The van der Waals surface area contributed by atoms with Crippen LogP contribution in [0.4, 0.5) is 0 Å². The molecule has 3 fully saturated rings. The number of rotatable bonds is 3. The van der Waals surface area contributed by atoms with Gasteiger partial charge in [0.25, 0.3) is 0 Å². The van der Waals surface area contributed by atoms with Gasteiger partial charge in [0, 0.05) is 6.54 Å². The maximum absolute atomic E-state index is 10.8. The van der Waals surface area contributed by atoms with Gasteiger partial charge in [0.2, 0.25) is 0 Å². The van der Waals surface area contributed by atoms with Crippen LogP contribution < -0.4 is 0 Å². The second kappa shape index (κ2) is 13.6. The summed E-state index contributed by atoms with van der Waals surface area (Å²) >= 11 is 14.4. The van der Waals surface area contributed by atoms with Gasteiger partial charge in [-0.2, -0.15) is 0 Å². The molecule has 0 aromatic heterocycles. The number of cyclic esters (lactones) is 1. The normalized spacial score (nSPS) is 24.3. The molecule has 0 aromatic carbocycles. The van der Waals surface area contributed by atoms with Gasteiger partial charge in [0.15, 0.2) is 4.30 Å². The summed E-state index contributed by atoms with van der Waals surface area (Å²) in [7, 11) is 0.00458. The Hall–Kier alpha value is 0.285. The van der Waals surface area contributed by atoms with Crippen LogP contribution >= 0.6 is 34.8 Å². The summed E-state index contributed by atoms with van der Waals surface area (Å²) in [4.78, 5) is 12.9. The topological polar surface area (TPSA) is 48.0 Å². The number of carbonyl (C=O) groups is 1. The molecule has 0 amide bonds. The van der Waals surface area contributed by atoms with Crippen molar-refractivity contribution in [3.63, 3.8) is 0 Å². The van der Waals surface area contributed by atoms with Crippen LogP contribution in [0.2, 0.25) is 6.32 Å². The highest BCUT2D eigenvalue weighted by atomic mass is 35.6. The van der Waals surface area contributed by atoms with Crippen molar-refractivity contribution in [2.45, 2.75) is 102 Å². The zero-order chi connectivity index (χ0) is 22.0. The Kier molecular flexibility index (Phi) is 13.7. The first-order valence-electron chi connectivity index (χ1n) is 10.2. The molecule has 166 valence electrons. The molecule has 0 N–H and O–H groups in total. The van der Waals surface area contributed by atoms with E-state index in [1.54, 1.807) is 0 Å². The van der Waals surface area contributed by atoms with Crippen LogP contribution in [0.25, 0.3) is 0 Å². The standard InChI is InChI=1S/C10H21BO2.C6H9NO2.C2H6.CHCl3/c1-6-7-8-11-12-9(2,3)10(4,5)13-11;8-6-5-2-1-3-7(5)4-9-6;1-2;2-1(3)4/h6-8H2,1-5H3;5H,1-4H2;1-2H3;1H. The Morgan fingerprint density at radius 1 is 1.14 bits per heavy atom. The van der Waals surface area contributed by atoms with Crippen molar-refractivity contribution >= 4 is 47.9 Å². The third kappa shape index (κ3) is 9.40. The Balaban J connectivity index is 0.000000420. The Labute approximate surface area is 186 Å². The fraction of sp³-hybridized carbons (Fsp3) is 0.947. The van der Waals surface area contributed by atoms with Gasteiger partial charge in [-0.15, -0.1) is 0 Å². The molecule has 9 heteroatoms. The third-order valence-corrected chi connectivity index (χ3v) is 5.10. The van der Waals surface area contributed by atoms with Crippen LogP contribution in [0, 0.1) is 0 Å². The molecule has 3 heterocycles. The molecular formula is C19H37BCl3NO4. The van der Waals surface area contributed by atoms with Crippen molar-refractivity contribution in [3.8, 4) is 0 Å². The summed E-state index contributed by atoms with van der Waals surface area (Å²) in [5, 5.41) is 0. The Bertz CT molecular complexity index is 434. The molecule has 0 spiro atoms. The van der Waals surface area contributed by atoms with Crippen molar-refractivity contribution in [2.24, 2.45) is 0 Å². The number of alkyl halides is 3. The minimum absolute atomic E-state index is 0.00458. The third-order valence-electron chi connectivity index (χ3n) is 5.10. The summed E-state index contributed by atoms with van der Waals surface area (Å²) in [6, 6.07) is 0.116. The molecule has 5 nitrogen and oxygen atoms in total. The summed E-state index contributed by atoms with van der Waals surface area (Å²) in [5.41, 5.74) is -0.323. The van der Waals surface area contributed by atoms with Crippen molar-refractivity contribution in [2.75, 3.05) is 13.3 Å². The summed E-state index contributed by atoms with van der Waals surface area (Å²) in [6.07, 6.45) is 5.54. The molecule has 28 heavy (non-hydrogen) atoms. The van der Waals surface area contributed by atoms with Crippen molar-refractivity contribution in [3.05, 3.63) is 0 Å². The van der Waals surface area contributed by atoms with Crippen LogP contribution in [-0.4, -0.2) is 52.8 Å². The first-order chi connectivity index (χ1) is 13.0. The first-order valence-corrected chi connectivity index (χ1v) is 11.5. The predicted octanol–water partition coefficient (Wildman–Crippen LogP) is 5.86. The molecule has 0 radical (unpaired) electrons. The molecule has 0 saturated carbocycles. The lowest BCUT2D eigenvalue weighted by atomic mass is 9.82. The van der Waals surface area contributed by atoms with E-state index < -0.39 is 4.30 Å². The fourth-order valence-corrected chi connectivity index (χ4v) is 2.94. The molecule has 3 rings (SSSR count). The van der Waals surface area contributed by atoms with Gasteiger partial charge >= 0.3 is 13.1 Å². The number of carbonyl (C=O) groups excluding carboxylic acids is 1. The minimum atomic E-state index is -0.750. The largest absolute Gasteiger partial charge is 0.457 e. The summed E-state index contributed by atoms with van der Waals surface area (Å²) < 4.78 is 15.7. The maximum atomic E-state index is 10.8. The van der Waals surface area contributed by atoms with Gasteiger partial charge in [0.05, 0.1) is 11.2 Å². The summed E-state index contributed by atoms with van der Waals surface area (Å²) in [5.74, 6) is -0.0208. The maximum Gasteiger partial charge on any atom is 0.457 e. The lowest BCUT2D eigenvalue weighted by molar-refractivity contribution is -0.139. The van der Waals surface area contributed by atoms with Crippen LogP contribution in [0.5, 0.6) is 0 Å². The van der Waals surface area contributed by atoms with Gasteiger partial charge in [-0.25, -0.2) is 0 Å². The highest BCUT2D eigenvalue weighted by Crippen LogP contribution is 2.38. The quantitative estimate of drug-likeness (QED) is 0.300. The van der Waals surface area contributed by atoms with Gasteiger partial charge in [-0.3, -0.25) is 9.69 Å². The van der Waals surface area contributed by atoms with Gasteiger partial charge in [-0.05, 0) is 46.9 Å². The molecule has 3 aliphatic rings. The van der Waals surface area contributed by atoms with E-state index in [1.807, 2.05) is 13.8 Å². The molecule has 3 saturated heterocycles. The second-order valence-corrected chi connectivity index (χ2v) is 9.62. The molecule has 3 aliphatic heterocycles. The van der Waals surface area contributed by atoms with Gasteiger partial charge in [-0.1, -0.05) is 68.4 Å². The van der Waals surface area contributed by atoms with Crippen LogP contribution in [0.3, 0.4) is 0 Å². The van der Waals surface area contributed by atoms with E-state index >= 15 is 0 Å². The number of esters is 1. The van der Waals surface area contributed by atoms with E-state index in [-0.39, 0.29) is 30.3 Å².